The van der Waals surface area contributed by atoms with Crippen molar-refractivity contribution in [3.63, 3.8) is 0 Å². The maximum absolute atomic E-state index is 11.8. The standard InChI is InChI=1S/C17H13ClO4/c1-21-15-6-2-12(3-7-15)4-9-17(20)22-16-8-5-14(18)10-13(16)11-19/h2-11H,1H3/b9-4+. The van der Waals surface area contributed by atoms with Crippen molar-refractivity contribution in [1.29, 1.82) is 0 Å². The Balaban J connectivity index is 2.06. The van der Waals surface area contributed by atoms with Crippen LogP contribution in [-0.4, -0.2) is 19.4 Å². The fourth-order valence-corrected chi connectivity index (χ4v) is 1.91. The molecule has 0 bridgehead atoms. The predicted octanol–water partition coefficient (Wildman–Crippen LogP) is 3.78. The van der Waals surface area contributed by atoms with Crippen LogP contribution in [0.1, 0.15) is 15.9 Å². The van der Waals surface area contributed by atoms with Crippen LogP contribution >= 0.6 is 11.6 Å². The van der Waals surface area contributed by atoms with Crippen LogP contribution in [0.25, 0.3) is 6.08 Å². The predicted molar refractivity (Wildman–Crippen MR) is 84.5 cm³/mol. The van der Waals surface area contributed by atoms with Gasteiger partial charge in [0.25, 0.3) is 0 Å². The number of rotatable bonds is 5. The molecule has 0 saturated heterocycles. The first-order chi connectivity index (χ1) is 10.6. The summed E-state index contributed by atoms with van der Waals surface area (Å²) in [4.78, 5) is 22.7. The van der Waals surface area contributed by atoms with Gasteiger partial charge >= 0.3 is 5.97 Å². The van der Waals surface area contributed by atoms with Gasteiger partial charge in [0.15, 0.2) is 6.29 Å². The molecule has 0 spiro atoms. The number of carbonyl (C=O) groups is 2. The number of methoxy groups -OCH3 is 1. The van der Waals surface area contributed by atoms with E-state index in [9.17, 15) is 9.59 Å². The zero-order valence-corrected chi connectivity index (χ0v) is 12.5. The molecule has 2 aromatic rings. The first-order valence-electron chi connectivity index (χ1n) is 6.41. The van der Waals surface area contributed by atoms with E-state index in [1.165, 1.54) is 18.2 Å². The number of esters is 1. The fourth-order valence-electron chi connectivity index (χ4n) is 1.73. The molecule has 112 valence electrons. The summed E-state index contributed by atoms with van der Waals surface area (Å²) < 4.78 is 10.2. The molecule has 0 aliphatic rings. The van der Waals surface area contributed by atoms with E-state index in [-0.39, 0.29) is 11.3 Å². The molecule has 2 rings (SSSR count). The highest BCUT2D eigenvalue weighted by Crippen LogP contribution is 2.21. The summed E-state index contributed by atoms with van der Waals surface area (Å²) in [7, 11) is 1.58. The van der Waals surface area contributed by atoms with Gasteiger partial charge in [-0.05, 0) is 42.0 Å². The van der Waals surface area contributed by atoms with Crippen LogP contribution in [0, 0.1) is 0 Å². The molecule has 2 aromatic carbocycles. The summed E-state index contributed by atoms with van der Waals surface area (Å²) in [6, 6.07) is 11.6. The third-order valence-electron chi connectivity index (χ3n) is 2.84. The average Bonchev–Trinajstić information content (AvgIpc) is 2.55. The highest BCUT2D eigenvalue weighted by atomic mass is 35.5. The molecule has 0 fully saturated rings. The highest BCUT2D eigenvalue weighted by Gasteiger charge is 2.07. The molecule has 0 saturated carbocycles. The lowest BCUT2D eigenvalue weighted by Crippen LogP contribution is -2.05. The van der Waals surface area contributed by atoms with E-state index in [0.717, 1.165) is 11.3 Å². The molecule has 0 unspecified atom stereocenters. The van der Waals surface area contributed by atoms with Crippen molar-refractivity contribution >= 4 is 29.9 Å². The van der Waals surface area contributed by atoms with Crippen LogP contribution in [0.5, 0.6) is 11.5 Å². The van der Waals surface area contributed by atoms with E-state index < -0.39 is 5.97 Å². The third-order valence-corrected chi connectivity index (χ3v) is 3.07. The molecular formula is C17H13ClO4. The van der Waals surface area contributed by atoms with Crippen molar-refractivity contribution in [2.75, 3.05) is 7.11 Å². The van der Waals surface area contributed by atoms with Crippen LogP contribution < -0.4 is 9.47 Å². The van der Waals surface area contributed by atoms with Crippen molar-refractivity contribution in [2.45, 2.75) is 0 Å². The first kappa shape index (κ1) is 15.8. The van der Waals surface area contributed by atoms with Crippen molar-refractivity contribution in [1.82, 2.24) is 0 Å². The molecule has 5 heteroatoms. The molecule has 0 aliphatic heterocycles. The summed E-state index contributed by atoms with van der Waals surface area (Å²) in [5.74, 6) is 0.321. The Kier molecular flexibility index (Phi) is 5.33. The zero-order chi connectivity index (χ0) is 15.9. The monoisotopic (exact) mass is 316 g/mol. The minimum atomic E-state index is -0.582. The van der Waals surface area contributed by atoms with Gasteiger partial charge in [0.1, 0.15) is 11.5 Å². The molecule has 0 heterocycles. The van der Waals surface area contributed by atoms with Gasteiger partial charge in [0.05, 0.1) is 12.7 Å². The highest BCUT2D eigenvalue weighted by molar-refractivity contribution is 6.30. The number of hydrogen-bond acceptors (Lipinski definition) is 4. The van der Waals surface area contributed by atoms with Gasteiger partial charge in [-0.1, -0.05) is 23.7 Å². The van der Waals surface area contributed by atoms with E-state index in [1.54, 1.807) is 31.4 Å². The fraction of sp³-hybridized carbons (Fsp3) is 0.0588. The van der Waals surface area contributed by atoms with Gasteiger partial charge in [0.2, 0.25) is 0 Å². The van der Waals surface area contributed by atoms with Crippen molar-refractivity contribution in [3.05, 3.63) is 64.7 Å². The summed E-state index contributed by atoms with van der Waals surface area (Å²) in [5, 5.41) is 0.399. The van der Waals surface area contributed by atoms with Gasteiger partial charge in [-0.15, -0.1) is 0 Å². The van der Waals surface area contributed by atoms with Crippen molar-refractivity contribution < 1.29 is 19.1 Å². The van der Waals surface area contributed by atoms with Crippen molar-refractivity contribution in [3.8, 4) is 11.5 Å². The second kappa shape index (κ2) is 7.43. The zero-order valence-electron chi connectivity index (χ0n) is 11.8. The average molecular weight is 317 g/mol. The minimum absolute atomic E-state index is 0.170. The van der Waals surface area contributed by atoms with Gasteiger partial charge in [-0.3, -0.25) is 4.79 Å². The second-order valence-corrected chi connectivity index (χ2v) is 4.76. The molecule has 0 amide bonds. The van der Waals surface area contributed by atoms with E-state index >= 15 is 0 Å². The number of benzene rings is 2. The molecule has 4 nitrogen and oxygen atoms in total. The van der Waals surface area contributed by atoms with E-state index in [2.05, 4.69) is 0 Å². The summed E-state index contributed by atoms with van der Waals surface area (Å²) in [6.45, 7) is 0. The van der Waals surface area contributed by atoms with E-state index in [1.807, 2.05) is 12.1 Å². The summed E-state index contributed by atoms with van der Waals surface area (Å²) >= 11 is 5.77. The molecular weight excluding hydrogens is 304 g/mol. The van der Waals surface area contributed by atoms with Crippen LogP contribution in [0.2, 0.25) is 5.02 Å². The maximum Gasteiger partial charge on any atom is 0.336 e. The van der Waals surface area contributed by atoms with E-state index in [4.69, 9.17) is 21.1 Å². The number of halogens is 1. The number of aldehydes is 1. The first-order valence-corrected chi connectivity index (χ1v) is 6.79. The normalized spacial score (nSPS) is 10.5. The topological polar surface area (TPSA) is 52.6 Å². The lowest BCUT2D eigenvalue weighted by atomic mass is 10.2. The van der Waals surface area contributed by atoms with Gasteiger partial charge < -0.3 is 9.47 Å². The summed E-state index contributed by atoms with van der Waals surface area (Å²) in [6.07, 6.45) is 3.48. The Labute approximate surface area is 132 Å². The quantitative estimate of drug-likeness (QED) is 0.364. The number of ether oxygens (including phenoxy) is 2. The Bertz CT molecular complexity index is 705. The van der Waals surface area contributed by atoms with Gasteiger partial charge in [-0.25, -0.2) is 4.79 Å². The third kappa shape index (κ3) is 4.20. The lowest BCUT2D eigenvalue weighted by molar-refractivity contribution is -0.128. The van der Waals surface area contributed by atoms with Gasteiger partial charge in [0, 0.05) is 11.1 Å². The largest absolute Gasteiger partial charge is 0.497 e. The molecule has 0 N–H and O–H groups in total. The van der Waals surface area contributed by atoms with Crippen LogP contribution in [0.4, 0.5) is 0 Å². The minimum Gasteiger partial charge on any atom is -0.497 e. The Morgan fingerprint density at radius 2 is 1.86 bits per heavy atom. The SMILES string of the molecule is COc1ccc(/C=C/C(=O)Oc2ccc(Cl)cc2C=O)cc1. The maximum atomic E-state index is 11.8. The Morgan fingerprint density at radius 1 is 1.14 bits per heavy atom. The molecule has 22 heavy (non-hydrogen) atoms. The van der Waals surface area contributed by atoms with Crippen LogP contribution in [0.15, 0.2) is 48.5 Å². The smallest absolute Gasteiger partial charge is 0.336 e. The van der Waals surface area contributed by atoms with Gasteiger partial charge in [-0.2, -0.15) is 0 Å². The number of hydrogen-bond donors (Lipinski definition) is 0. The molecule has 0 aromatic heterocycles. The lowest BCUT2D eigenvalue weighted by Gasteiger charge is -2.04. The summed E-state index contributed by atoms with van der Waals surface area (Å²) in [5.41, 5.74) is 1.04. The Morgan fingerprint density at radius 3 is 2.50 bits per heavy atom. The molecule has 0 atom stereocenters. The van der Waals surface area contributed by atoms with E-state index in [0.29, 0.717) is 11.3 Å². The molecule has 0 aliphatic carbocycles. The van der Waals surface area contributed by atoms with Crippen LogP contribution in [-0.2, 0) is 4.79 Å². The van der Waals surface area contributed by atoms with Crippen LogP contribution in [0.3, 0.4) is 0 Å². The van der Waals surface area contributed by atoms with Crippen molar-refractivity contribution in [2.24, 2.45) is 0 Å². The Hall–Kier alpha value is -2.59. The second-order valence-electron chi connectivity index (χ2n) is 4.33. The molecule has 0 radical (unpaired) electrons. The number of carbonyl (C=O) groups excluding carboxylic acids is 2.